The molecule has 11 heteroatoms. The van der Waals surface area contributed by atoms with Crippen LogP contribution in [0.4, 0.5) is 19.0 Å². The number of nitrogens with one attached hydrogen (secondary N) is 2. The van der Waals surface area contributed by atoms with Gasteiger partial charge in [-0.25, -0.2) is 9.97 Å². The Morgan fingerprint density at radius 2 is 1.97 bits per heavy atom. The number of benzene rings is 1. The van der Waals surface area contributed by atoms with Crippen LogP contribution in [-0.4, -0.2) is 33.7 Å². The Kier molecular flexibility index (Phi) is 6.97. The summed E-state index contributed by atoms with van der Waals surface area (Å²) in [5, 5.41) is 6.42. The number of rotatable bonds is 5. The summed E-state index contributed by atoms with van der Waals surface area (Å²) < 4.78 is 47.3. The zero-order valence-electron chi connectivity index (χ0n) is 20.6. The van der Waals surface area contributed by atoms with E-state index < -0.39 is 23.3 Å². The molecule has 37 heavy (non-hydrogen) atoms. The number of aryl methyl sites for hydroxylation is 1. The monoisotopic (exact) mass is 513 g/mol. The van der Waals surface area contributed by atoms with Crippen LogP contribution in [-0.2, 0) is 28.3 Å². The Labute approximate surface area is 211 Å². The maximum absolute atomic E-state index is 13.5. The lowest BCUT2D eigenvalue weighted by molar-refractivity contribution is -0.138. The number of halogens is 3. The maximum Gasteiger partial charge on any atom is 0.416 e. The summed E-state index contributed by atoms with van der Waals surface area (Å²) in [7, 11) is 1.56. The van der Waals surface area contributed by atoms with E-state index in [2.05, 4.69) is 26.5 Å². The van der Waals surface area contributed by atoms with Crippen molar-refractivity contribution in [1.29, 1.82) is 0 Å². The first-order valence-electron chi connectivity index (χ1n) is 11.6. The van der Waals surface area contributed by atoms with Crippen molar-refractivity contribution in [2.75, 3.05) is 18.5 Å². The fourth-order valence-corrected chi connectivity index (χ4v) is 4.87. The molecule has 0 saturated carbocycles. The average Bonchev–Trinajstić information content (AvgIpc) is 2.84. The Hall–Kier alpha value is -3.91. The largest absolute Gasteiger partial charge is 0.416 e. The van der Waals surface area contributed by atoms with E-state index in [1.165, 1.54) is 36.9 Å². The third kappa shape index (κ3) is 4.89. The van der Waals surface area contributed by atoms with Crippen molar-refractivity contribution in [3.05, 3.63) is 63.2 Å². The summed E-state index contributed by atoms with van der Waals surface area (Å²) in [6.45, 7) is 3.46. The molecular weight excluding hydrogens is 487 g/mol. The number of fused-ring (bicyclic) bond motifs is 1. The Morgan fingerprint density at radius 3 is 2.59 bits per heavy atom. The minimum Gasteiger partial charge on any atom is -0.381 e. The van der Waals surface area contributed by atoms with Crippen LogP contribution in [0.15, 0.2) is 35.4 Å². The second-order valence-corrected chi connectivity index (χ2v) is 9.02. The van der Waals surface area contributed by atoms with Crippen molar-refractivity contribution in [2.45, 2.75) is 44.4 Å². The van der Waals surface area contributed by atoms with E-state index in [9.17, 15) is 22.8 Å². The summed E-state index contributed by atoms with van der Waals surface area (Å²) >= 11 is 0. The number of anilines is 1. The van der Waals surface area contributed by atoms with Gasteiger partial charge in [-0.2, -0.15) is 13.2 Å². The topological polar surface area (TPSA) is 98.1 Å². The molecule has 3 aromatic rings. The Morgan fingerprint density at radius 1 is 1.27 bits per heavy atom. The number of aromatic nitrogens is 3. The number of carbonyl (C=O) groups is 1. The lowest BCUT2D eigenvalue weighted by Crippen LogP contribution is -2.52. The zero-order valence-corrected chi connectivity index (χ0v) is 20.6. The van der Waals surface area contributed by atoms with Crippen LogP contribution in [0.25, 0.3) is 11.0 Å². The molecule has 1 amide bonds. The Bertz CT molecular complexity index is 1450. The highest BCUT2D eigenvalue weighted by molar-refractivity contribution is 5.88. The predicted molar refractivity (Wildman–Crippen MR) is 132 cm³/mol. The molecule has 0 bridgehead atoms. The second kappa shape index (κ2) is 9.86. The van der Waals surface area contributed by atoms with Gasteiger partial charge in [0.1, 0.15) is 23.8 Å². The minimum absolute atomic E-state index is 0.00344. The highest BCUT2D eigenvalue weighted by Crippen LogP contribution is 2.36. The summed E-state index contributed by atoms with van der Waals surface area (Å²) in [4.78, 5) is 34.0. The SMILES string of the molecule is C#C[C@@H](Nc1ncnc2c1cc(C1(NC(C)=O)CCOCC1)c(=O)n2C)c1cccc(C(F)(F)F)c1C. The van der Waals surface area contributed by atoms with E-state index in [1.807, 2.05) is 0 Å². The fourth-order valence-electron chi connectivity index (χ4n) is 4.87. The lowest BCUT2D eigenvalue weighted by atomic mass is 9.82. The zero-order chi connectivity index (χ0) is 27.0. The van der Waals surface area contributed by atoms with E-state index in [4.69, 9.17) is 11.2 Å². The van der Waals surface area contributed by atoms with E-state index in [0.29, 0.717) is 42.7 Å². The Balaban J connectivity index is 1.86. The number of carbonyl (C=O) groups excluding carboxylic acids is 1. The molecule has 0 unspecified atom stereocenters. The molecule has 4 rings (SSSR count). The number of nitrogens with zero attached hydrogens (tertiary/aromatic N) is 3. The average molecular weight is 514 g/mol. The van der Waals surface area contributed by atoms with Gasteiger partial charge in [-0.15, -0.1) is 6.42 Å². The van der Waals surface area contributed by atoms with E-state index in [1.54, 1.807) is 13.1 Å². The van der Waals surface area contributed by atoms with Gasteiger partial charge in [-0.3, -0.25) is 14.2 Å². The number of ether oxygens (including phenoxy) is 1. The van der Waals surface area contributed by atoms with Crippen molar-refractivity contribution >= 4 is 22.8 Å². The standard InChI is InChI=1S/C26H26F3N5O3/c1-5-21(17-7-6-8-19(15(17)2)26(27,28)29)32-22-18-13-20(24(36)34(4)23(18)31-14-30-22)25(33-16(3)35)9-11-37-12-10-25/h1,6-8,13-14,21H,9-12H2,2-4H3,(H,33,35)(H,30,31,32)/t21-/m1/s1. The van der Waals surface area contributed by atoms with Crippen molar-refractivity contribution in [2.24, 2.45) is 7.05 Å². The van der Waals surface area contributed by atoms with E-state index in [0.717, 1.165) is 6.07 Å². The predicted octanol–water partition coefficient (Wildman–Crippen LogP) is 3.58. The lowest BCUT2D eigenvalue weighted by Gasteiger charge is -2.38. The van der Waals surface area contributed by atoms with Crippen LogP contribution in [0.5, 0.6) is 0 Å². The molecule has 2 aromatic heterocycles. The van der Waals surface area contributed by atoms with Crippen molar-refractivity contribution in [1.82, 2.24) is 19.9 Å². The molecule has 0 radical (unpaired) electrons. The van der Waals surface area contributed by atoms with Gasteiger partial charge in [0.05, 0.1) is 16.5 Å². The summed E-state index contributed by atoms with van der Waals surface area (Å²) in [5.74, 6) is 2.46. The van der Waals surface area contributed by atoms with Crippen molar-refractivity contribution in [3.8, 4) is 12.3 Å². The first-order valence-corrected chi connectivity index (χ1v) is 11.6. The molecular formula is C26H26F3N5O3. The molecule has 1 saturated heterocycles. The summed E-state index contributed by atoms with van der Waals surface area (Å²) in [6.07, 6.45) is 3.24. The van der Waals surface area contributed by atoms with Crippen LogP contribution in [0.1, 0.15) is 48.1 Å². The molecule has 3 heterocycles. The quantitative estimate of drug-likeness (QED) is 0.506. The van der Waals surface area contributed by atoms with Gasteiger partial charge in [0.2, 0.25) is 5.91 Å². The second-order valence-electron chi connectivity index (χ2n) is 9.02. The first kappa shape index (κ1) is 26.2. The number of hydrogen-bond acceptors (Lipinski definition) is 6. The molecule has 0 aliphatic carbocycles. The number of hydrogen-bond donors (Lipinski definition) is 2. The number of alkyl halides is 3. The number of terminal acetylenes is 1. The third-order valence-corrected chi connectivity index (χ3v) is 6.72. The van der Waals surface area contributed by atoms with Crippen LogP contribution < -0.4 is 16.2 Å². The summed E-state index contributed by atoms with van der Waals surface area (Å²) in [6, 6.07) is 4.51. The van der Waals surface area contributed by atoms with Gasteiger partial charge in [-0.05, 0) is 43.0 Å². The molecule has 0 spiro atoms. The number of pyridine rings is 1. The molecule has 8 nitrogen and oxygen atoms in total. The van der Waals surface area contributed by atoms with Crippen LogP contribution in [0.3, 0.4) is 0 Å². The molecule has 1 fully saturated rings. The minimum atomic E-state index is -4.53. The van der Waals surface area contributed by atoms with Gasteiger partial charge in [0.25, 0.3) is 5.56 Å². The summed E-state index contributed by atoms with van der Waals surface area (Å²) in [5.41, 5.74) is -1.16. The molecule has 194 valence electrons. The molecule has 2 N–H and O–H groups in total. The smallest absolute Gasteiger partial charge is 0.381 e. The van der Waals surface area contributed by atoms with Gasteiger partial charge in [0, 0.05) is 32.7 Å². The highest BCUT2D eigenvalue weighted by Gasteiger charge is 2.38. The van der Waals surface area contributed by atoms with Gasteiger partial charge in [0.15, 0.2) is 0 Å². The van der Waals surface area contributed by atoms with Gasteiger partial charge < -0.3 is 15.4 Å². The van der Waals surface area contributed by atoms with E-state index >= 15 is 0 Å². The number of amides is 1. The van der Waals surface area contributed by atoms with Crippen molar-refractivity contribution in [3.63, 3.8) is 0 Å². The fraction of sp³-hybridized carbons (Fsp3) is 0.385. The van der Waals surface area contributed by atoms with Gasteiger partial charge >= 0.3 is 6.18 Å². The van der Waals surface area contributed by atoms with Crippen molar-refractivity contribution < 1.29 is 22.7 Å². The van der Waals surface area contributed by atoms with Crippen LogP contribution >= 0.6 is 0 Å². The first-order chi connectivity index (χ1) is 17.5. The molecule has 1 aliphatic heterocycles. The maximum atomic E-state index is 13.5. The van der Waals surface area contributed by atoms with Crippen LogP contribution in [0, 0.1) is 19.3 Å². The highest BCUT2D eigenvalue weighted by atomic mass is 19.4. The van der Waals surface area contributed by atoms with Gasteiger partial charge in [-0.1, -0.05) is 18.1 Å². The third-order valence-electron chi connectivity index (χ3n) is 6.72. The molecule has 1 aromatic carbocycles. The van der Waals surface area contributed by atoms with Crippen LogP contribution in [0.2, 0.25) is 0 Å². The molecule has 1 atom stereocenters. The molecule has 1 aliphatic rings. The van der Waals surface area contributed by atoms with E-state index in [-0.39, 0.29) is 28.4 Å². The normalized spacial score (nSPS) is 16.1.